The van der Waals surface area contributed by atoms with Crippen LogP contribution < -0.4 is 20.7 Å². The molecular weight excluding hydrogens is 736 g/mol. The summed E-state index contributed by atoms with van der Waals surface area (Å²) in [7, 11) is 1.16. The fraction of sp³-hybridized carbons (Fsp3) is 0.452. The minimum absolute atomic E-state index is 0.0970. The summed E-state index contributed by atoms with van der Waals surface area (Å²) >= 11 is 30.4. The molecule has 2 rings (SSSR count). The lowest BCUT2D eigenvalue weighted by molar-refractivity contribution is -0.145. The molecule has 0 heterocycles. The molecule has 12 nitrogen and oxygen atoms in total. The Labute approximate surface area is 303 Å². The third-order valence-corrected chi connectivity index (χ3v) is 8.48. The van der Waals surface area contributed by atoms with Gasteiger partial charge in [-0.25, -0.2) is 14.4 Å². The maximum atomic E-state index is 13.4. The lowest BCUT2D eigenvalue weighted by Gasteiger charge is -2.22. The molecule has 3 amide bonds. The zero-order valence-corrected chi connectivity index (χ0v) is 30.3. The standard InChI is InChI=1S/C31H36Cl5N3O9/c1-31(2,3)48-29(43)37-15-9-8-12-19(28(42)45-4)38-27(41)18(39-30(44)46-16-17-10-6-5-7-11-17)13-14-20(40)47-26-24(35)22(33)21(32)23(34)25(26)36/h5-7,10-11,18-19H,8-9,12-16H2,1-4H3,(H,37,43)(H,38,41)(H,39,44)/t18-,19-/m0/s1. The Kier molecular flexibility index (Phi) is 16.9. The zero-order valence-electron chi connectivity index (χ0n) is 26.6. The number of halogens is 5. The van der Waals surface area contributed by atoms with Crippen LogP contribution in [0.2, 0.25) is 25.1 Å². The minimum atomic E-state index is -1.37. The third-order valence-electron chi connectivity index (χ3n) is 6.23. The molecule has 0 aliphatic carbocycles. The molecule has 0 saturated carbocycles. The highest BCUT2D eigenvalue weighted by Crippen LogP contribution is 2.48. The second-order valence-electron chi connectivity index (χ2n) is 11.2. The molecule has 48 heavy (non-hydrogen) atoms. The Balaban J connectivity index is 2.11. The van der Waals surface area contributed by atoms with Crippen LogP contribution in [0, 0.1) is 0 Å². The molecular formula is C31H36Cl5N3O9. The van der Waals surface area contributed by atoms with Gasteiger partial charge in [0.25, 0.3) is 0 Å². The average molecular weight is 772 g/mol. The van der Waals surface area contributed by atoms with Crippen molar-refractivity contribution in [2.75, 3.05) is 13.7 Å². The molecule has 0 saturated heterocycles. The average Bonchev–Trinajstić information content (AvgIpc) is 3.04. The fourth-order valence-corrected chi connectivity index (χ4v) is 5.12. The minimum Gasteiger partial charge on any atom is -0.467 e. The second kappa shape index (κ2) is 19.7. The van der Waals surface area contributed by atoms with E-state index in [0.717, 1.165) is 7.11 Å². The first-order chi connectivity index (χ1) is 22.5. The number of alkyl carbamates (subject to hydrolysis) is 2. The second-order valence-corrected chi connectivity index (χ2v) is 13.1. The lowest BCUT2D eigenvalue weighted by Crippen LogP contribution is -2.52. The number of carbonyl (C=O) groups excluding carboxylic acids is 5. The Bertz CT molecular complexity index is 1430. The van der Waals surface area contributed by atoms with E-state index in [0.29, 0.717) is 18.4 Å². The molecule has 0 aliphatic heterocycles. The Morgan fingerprint density at radius 2 is 1.38 bits per heavy atom. The van der Waals surface area contributed by atoms with Gasteiger partial charge in [0.2, 0.25) is 5.91 Å². The first-order valence-corrected chi connectivity index (χ1v) is 16.5. The molecule has 0 fully saturated rings. The predicted octanol–water partition coefficient (Wildman–Crippen LogP) is 7.29. The summed E-state index contributed by atoms with van der Waals surface area (Å²) in [4.78, 5) is 63.3. The van der Waals surface area contributed by atoms with Crippen LogP contribution in [-0.4, -0.2) is 61.4 Å². The number of nitrogens with one attached hydrogen (secondary N) is 3. The van der Waals surface area contributed by atoms with Crippen LogP contribution in [0.3, 0.4) is 0 Å². The molecule has 0 spiro atoms. The van der Waals surface area contributed by atoms with Crippen molar-refractivity contribution in [3.05, 3.63) is 61.0 Å². The van der Waals surface area contributed by atoms with E-state index in [2.05, 4.69) is 16.0 Å². The quantitative estimate of drug-likeness (QED) is 0.0423. The van der Waals surface area contributed by atoms with Gasteiger partial charge in [-0.1, -0.05) is 88.3 Å². The summed E-state index contributed by atoms with van der Waals surface area (Å²) < 4.78 is 20.5. The molecule has 0 aliphatic rings. The molecule has 0 bridgehead atoms. The number of hydrogen-bond donors (Lipinski definition) is 3. The van der Waals surface area contributed by atoms with Gasteiger partial charge in [-0.15, -0.1) is 0 Å². The summed E-state index contributed by atoms with van der Waals surface area (Å²) in [5, 5.41) is 6.55. The van der Waals surface area contributed by atoms with Crippen LogP contribution in [0.15, 0.2) is 30.3 Å². The predicted molar refractivity (Wildman–Crippen MR) is 182 cm³/mol. The number of benzene rings is 2. The number of methoxy groups -OCH3 is 1. The molecule has 264 valence electrons. The first kappa shape index (κ1) is 41.0. The van der Waals surface area contributed by atoms with Crippen molar-refractivity contribution < 1.29 is 42.9 Å². The van der Waals surface area contributed by atoms with Crippen molar-refractivity contribution in [3.8, 4) is 5.75 Å². The van der Waals surface area contributed by atoms with Crippen molar-refractivity contribution in [2.24, 2.45) is 0 Å². The normalized spacial score (nSPS) is 12.3. The monoisotopic (exact) mass is 769 g/mol. The van der Waals surface area contributed by atoms with Crippen LogP contribution >= 0.6 is 58.0 Å². The topological polar surface area (TPSA) is 158 Å². The molecule has 0 radical (unpaired) electrons. The van der Waals surface area contributed by atoms with Crippen molar-refractivity contribution in [2.45, 2.75) is 77.2 Å². The van der Waals surface area contributed by atoms with Crippen molar-refractivity contribution >= 4 is 88.0 Å². The summed E-state index contributed by atoms with van der Waals surface area (Å²) in [6.07, 6.45) is -1.31. The molecule has 2 aromatic rings. The number of hydrogen-bond acceptors (Lipinski definition) is 9. The highest BCUT2D eigenvalue weighted by molar-refractivity contribution is 6.55. The van der Waals surface area contributed by atoms with E-state index in [4.69, 9.17) is 77.0 Å². The highest BCUT2D eigenvalue weighted by atomic mass is 35.5. The fourth-order valence-electron chi connectivity index (χ4n) is 3.92. The maximum absolute atomic E-state index is 13.4. The number of ether oxygens (including phenoxy) is 4. The largest absolute Gasteiger partial charge is 0.467 e. The van der Waals surface area contributed by atoms with Gasteiger partial charge in [0.05, 0.1) is 22.2 Å². The maximum Gasteiger partial charge on any atom is 0.408 e. The molecule has 2 aromatic carbocycles. The molecule has 2 atom stereocenters. The zero-order chi connectivity index (χ0) is 36.0. The van der Waals surface area contributed by atoms with E-state index in [1.165, 1.54) is 0 Å². The van der Waals surface area contributed by atoms with Gasteiger partial charge in [-0.3, -0.25) is 9.59 Å². The molecule has 3 N–H and O–H groups in total. The van der Waals surface area contributed by atoms with Crippen LogP contribution in [0.25, 0.3) is 0 Å². The van der Waals surface area contributed by atoms with E-state index in [9.17, 15) is 24.0 Å². The van der Waals surface area contributed by atoms with Crippen molar-refractivity contribution in [3.63, 3.8) is 0 Å². The molecule has 17 heteroatoms. The van der Waals surface area contributed by atoms with Crippen LogP contribution in [0.4, 0.5) is 9.59 Å². The Hall–Kier alpha value is -3.16. The van der Waals surface area contributed by atoms with Crippen molar-refractivity contribution in [1.29, 1.82) is 0 Å². The smallest absolute Gasteiger partial charge is 0.408 e. The number of carbonyl (C=O) groups is 5. The van der Waals surface area contributed by atoms with Gasteiger partial charge < -0.3 is 34.9 Å². The van der Waals surface area contributed by atoms with E-state index in [-0.39, 0.29) is 56.9 Å². The van der Waals surface area contributed by atoms with Gasteiger partial charge >= 0.3 is 24.1 Å². The van der Waals surface area contributed by atoms with Gasteiger partial charge in [-0.2, -0.15) is 0 Å². The Morgan fingerprint density at radius 3 is 1.96 bits per heavy atom. The van der Waals surface area contributed by atoms with Gasteiger partial charge in [0.15, 0.2) is 5.75 Å². The van der Waals surface area contributed by atoms with E-state index in [1.54, 1.807) is 51.1 Å². The SMILES string of the molecule is COC(=O)[C@H](CCCCNC(=O)OC(C)(C)C)NC(=O)[C@H](CCC(=O)Oc1c(Cl)c(Cl)c(Cl)c(Cl)c1Cl)NC(=O)OCc1ccccc1. The lowest BCUT2D eigenvalue weighted by atomic mass is 10.1. The van der Waals surface area contributed by atoms with Crippen LogP contribution in [-0.2, 0) is 35.2 Å². The molecule has 0 unspecified atom stereocenters. The summed E-state index contributed by atoms with van der Waals surface area (Å²) in [5.74, 6) is -2.80. The number of rotatable bonds is 15. The number of esters is 2. The number of amides is 3. The summed E-state index contributed by atoms with van der Waals surface area (Å²) in [6, 6.07) is 6.31. The third kappa shape index (κ3) is 13.8. The van der Waals surface area contributed by atoms with E-state index >= 15 is 0 Å². The van der Waals surface area contributed by atoms with Gasteiger partial charge in [0.1, 0.15) is 34.3 Å². The number of unbranched alkanes of at least 4 members (excludes halogenated alkanes) is 1. The Morgan fingerprint density at radius 1 is 0.771 bits per heavy atom. The summed E-state index contributed by atoms with van der Waals surface area (Å²) in [5.41, 5.74) is 0.0370. The summed E-state index contributed by atoms with van der Waals surface area (Å²) in [6.45, 7) is 5.37. The first-order valence-electron chi connectivity index (χ1n) is 14.6. The van der Waals surface area contributed by atoms with Gasteiger partial charge in [-0.05, 0) is 52.0 Å². The highest BCUT2D eigenvalue weighted by Gasteiger charge is 2.29. The molecule has 0 aromatic heterocycles. The van der Waals surface area contributed by atoms with Gasteiger partial charge in [0, 0.05) is 13.0 Å². The van der Waals surface area contributed by atoms with Crippen LogP contribution in [0.1, 0.15) is 58.4 Å². The van der Waals surface area contributed by atoms with E-state index in [1.807, 2.05) is 0 Å². The van der Waals surface area contributed by atoms with Crippen LogP contribution in [0.5, 0.6) is 5.75 Å². The van der Waals surface area contributed by atoms with E-state index < -0.39 is 54.1 Å². The van der Waals surface area contributed by atoms with Crippen molar-refractivity contribution in [1.82, 2.24) is 16.0 Å².